The molecule has 128 valence electrons. The highest BCUT2D eigenvalue weighted by molar-refractivity contribution is 7.92. The molecule has 6 heteroatoms. The fourth-order valence-corrected chi connectivity index (χ4v) is 2.95. The first-order chi connectivity index (χ1) is 11.3. The largest absolute Gasteiger partial charge is 0.350 e. The molecule has 0 aliphatic carbocycles. The summed E-state index contributed by atoms with van der Waals surface area (Å²) >= 11 is 0. The Labute approximate surface area is 143 Å². The Hall–Kier alpha value is -2.34. The van der Waals surface area contributed by atoms with E-state index in [2.05, 4.69) is 22.2 Å². The van der Waals surface area contributed by atoms with Crippen molar-refractivity contribution in [3.05, 3.63) is 65.7 Å². The molecule has 0 aromatic heterocycles. The van der Waals surface area contributed by atoms with Gasteiger partial charge in [-0.05, 0) is 37.5 Å². The molecule has 1 atom stereocenters. The van der Waals surface area contributed by atoms with Gasteiger partial charge in [0.05, 0.1) is 17.5 Å². The quantitative estimate of drug-likeness (QED) is 0.809. The van der Waals surface area contributed by atoms with Crippen LogP contribution < -0.4 is 10.0 Å². The van der Waals surface area contributed by atoms with Crippen molar-refractivity contribution in [3.63, 3.8) is 0 Å². The topological polar surface area (TPSA) is 75.3 Å². The van der Waals surface area contributed by atoms with Crippen LogP contribution in [0.2, 0.25) is 0 Å². The van der Waals surface area contributed by atoms with Gasteiger partial charge in [0.25, 0.3) is 5.91 Å². The van der Waals surface area contributed by atoms with Gasteiger partial charge in [0.1, 0.15) is 0 Å². The number of nitrogens with one attached hydrogen (secondary N) is 2. The molecule has 2 N–H and O–H groups in total. The minimum Gasteiger partial charge on any atom is -0.350 e. The van der Waals surface area contributed by atoms with Gasteiger partial charge >= 0.3 is 0 Å². The van der Waals surface area contributed by atoms with E-state index >= 15 is 0 Å². The highest BCUT2D eigenvalue weighted by Gasteiger charge is 2.15. The van der Waals surface area contributed by atoms with Gasteiger partial charge < -0.3 is 5.32 Å². The predicted molar refractivity (Wildman–Crippen MR) is 96.6 cm³/mol. The number of benzene rings is 2. The molecule has 0 aliphatic heterocycles. The summed E-state index contributed by atoms with van der Waals surface area (Å²) in [7, 11) is -3.44. The lowest BCUT2D eigenvalue weighted by Gasteiger charge is -2.16. The Morgan fingerprint density at radius 1 is 1.04 bits per heavy atom. The highest BCUT2D eigenvalue weighted by Crippen LogP contribution is 2.16. The number of sulfonamides is 1. The maximum atomic E-state index is 12.4. The second-order valence-electron chi connectivity index (χ2n) is 5.82. The lowest BCUT2D eigenvalue weighted by Crippen LogP contribution is -2.33. The number of amides is 1. The monoisotopic (exact) mass is 346 g/mol. The van der Waals surface area contributed by atoms with Crippen LogP contribution in [-0.4, -0.2) is 26.6 Å². The van der Waals surface area contributed by atoms with Crippen molar-refractivity contribution < 1.29 is 13.2 Å². The SMILES string of the molecule is C[C@H](CCc1ccccc1)NC(=O)c1ccccc1NS(C)(=O)=O. The van der Waals surface area contributed by atoms with E-state index in [1.165, 1.54) is 5.56 Å². The average Bonchev–Trinajstić information content (AvgIpc) is 2.53. The number of rotatable bonds is 7. The van der Waals surface area contributed by atoms with E-state index in [0.29, 0.717) is 5.56 Å². The highest BCUT2D eigenvalue weighted by atomic mass is 32.2. The third-order valence-corrected chi connectivity index (χ3v) is 4.14. The Morgan fingerprint density at radius 3 is 2.33 bits per heavy atom. The molecule has 0 saturated heterocycles. The summed E-state index contributed by atoms with van der Waals surface area (Å²) in [6.07, 6.45) is 2.73. The van der Waals surface area contributed by atoms with Crippen LogP contribution in [0.4, 0.5) is 5.69 Å². The average molecular weight is 346 g/mol. The number of carbonyl (C=O) groups excluding carboxylic acids is 1. The fourth-order valence-electron chi connectivity index (χ4n) is 2.37. The Morgan fingerprint density at radius 2 is 1.67 bits per heavy atom. The normalized spacial score (nSPS) is 12.4. The van der Waals surface area contributed by atoms with Crippen LogP contribution in [0.25, 0.3) is 0 Å². The first-order valence-corrected chi connectivity index (χ1v) is 9.66. The van der Waals surface area contributed by atoms with Gasteiger partial charge in [0, 0.05) is 6.04 Å². The van der Waals surface area contributed by atoms with Crippen molar-refractivity contribution in [3.8, 4) is 0 Å². The van der Waals surface area contributed by atoms with Crippen molar-refractivity contribution in [1.82, 2.24) is 5.32 Å². The summed E-state index contributed by atoms with van der Waals surface area (Å²) in [6.45, 7) is 1.94. The number of anilines is 1. The van der Waals surface area contributed by atoms with E-state index in [4.69, 9.17) is 0 Å². The van der Waals surface area contributed by atoms with Crippen LogP contribution >= 0.6 is 0 Å². The molecular formula is C18H22N2O3S. The second-order valence-corrected chi connectivity index (χ2v) is 7.57. The van der Waals surface area contributed by atoms with E-state index in [1.54, 1.807) is 24.3 Å². The van der Waals surface area contributed by atoms with E-state index < -0.39 is 10.0 Å². The zero-order valence-electron chi connectivity index (χ0n) is 13.8. The predicted octanol–water partition coefficient (Wildman–Crippen LogP) is 2.81. The molecule has 0 radical (unpaired) electrons. The Kier molecular flexibility index (Phi) is 5.98. The zero-order valence-corrected chi connectivity index (χ0v) is 14.6. The summed E-state index contributed by atoms with van der Waals surface area (Å²) in [5.41, 5.74) is 1.82. The molecule has 0 aliphatic rings. The van der Waals surface area contributed by atoms with E-state index in [0.717, 1.165) is 19.1 Å². The van der Waals surface area contributed by atoms with Crippen molar-refractivity contribution in [2.75, 3.05) is 11.0 Å². The van der Waals surface area contributed by atoms with Gasteiger partial charge in [-0.25, -0.2) is 8.42 Å². The van der Waals surface area contributed by atoms with Crippen LogP contribution in [0.15, 0.2) is 54.6 Å². The van der Waals surface area contributed by atoms with Gasteiger partial charge in [0.15, 0.2) is 0 Å². The molecule has 0 heterocycles. The first kappa shape index (κ1) is 18.0. The molecule has 0 unspecified atom stereocenters. The summed E-state index contributed by atoms with van der Waals surface area (Å²) < 4.78 is 25.2. The minimum atomic E-state index is -3.44. The molecule has 1 amide bonds. The van der Waals surface area contributed by atoms with Gasteiger partial charge in [-0.1, -0.05) is 42.5 Å². The third-order valence-electron chi connectivity index (χ3n) is 3.55. The fraction of sp³-hybridized carbons (Fsp3) is 0.278. The molecule has 0 spiro atoms. The summed E-state index contributed by atoms with van der Waals surface area (Å²) in [5, 5.41) is 2.92. The van der Waals surface area contributed by atoms with E-state index in [9.17, 15) is 13.2 Å². The van der Waals surface area contributed by atoms with Crippen LogP contribution in [-0.2, 0) is 16.4 Å². The summed E-state index contributed by atoms with van der Waals surface area (Å²) in [4.78, 5) is 12.4. The van der Waals surface area contributed by atoms with E-state index in [1.807, 2.05) is 25.1 Å². The lowest BCUT2D eigenvalue weighted by molar-refractivity contribution is 0.0939. The smallest absolute Gasteiger partial charge is 0.253 e. The van der Waals surface area contributed by atoms with Crippen molar-refractivity contribution in [1.29, 1.82) is 0 Å². The number of para-hydroxylation sites is 1. The maximum absolute atomic E-state index is 12.4. The molecular weight excluding hydrogens is 324 g/mol. The van der Waals surface area contributed by atoms with Crippen molar-refractivity contribution in [2.24, 2.45) is 0 Å². The van der Waals surface area contributed by atoms with Crippen molar-refractivity contribution in [2.45, 2.75) is 25.8 Å². The Balaban J connectivity index is 1.99. The first-order valence-electron chi connectivity index (χ1n) is 7.77. The molecule has 5 nitrogen and oxygen atoms in total. The lowest BCUT2D eigenvalue weighted by atomic mass is 10.1. The van der Waals surface area contributed by atoms with Crippen molar-refractivity contribution >= 4 is 21.6 Å². The molecule has 24 heavy (non-hydrogen) atoms. The molecule has 0 fully saturated rings. The zero-order chi connectivity index (χ0) is 17.6. The molecule has 2 aromatic rings. The van der Waals surface area contributed by atoms with Crippen LogP contribution in [0.5, 0.6) is 0 Å². The van der Waals surface area contributed by atoms with Crippen LogP contribution in [0.3, 0.4) is 0 Å². The molecule has 0 saturated carbocycles. The van der Waals surface area contributed by atoms with Gasteiger partial charge in [-0.15, -0.1) is 0 Å². The Bertz CT molecular complexity index is 789. The van der Waals surface area contributed by atoms with Crippen LogP contribution in [0.1, 0.15) is 29.3 Å². The minimum absolute atomic E-state index is 0.0241. The number of carbonyl (C=O) groups is 1. The number of hydrogen-bond donors (Lipinski definition) is 2. The molecule has 2 aromatic carbocycles. The van der Waals surface area contributed by atoms with Gasteiger partial charge in [-0.2, -0.15) is 0 Å². The third kappa shape index (κ3) is 5.70. The number of aryl methyl sites for hydroxylation is 1. The standard InChI is InChI=1S/C18H22N2O3S/c1-14(12-13-15-8-4-3-5-9-15)19-18(21)16-10-6-7-11-17(16)20-24(2,22)23/h3-11,14,20H,12-13H2,1-2H3,(H,19,21)/t14-/m1/s1. The maximum Gasteiger partial charge on any atom is 0.253 e. The van der Waals surface area contributed by atoms with E-state index in [-0.39, 0.29) is 17.6 Å². The van der Waals surface area contributed by atoms with Gasteiger partial charge in [-0.3, -0.25) is 9.52 Å². The molecule has 2 rings (SSSR count). The second kappa shape index (κ2) is 7.97. The van der Waals surface area contributed by atoms with Gasteiger partial charge in [0.2, 0.25) is 10.0 Å². The summed E-state index contributed by atoms with van der Waals surface area (Å²) in [5.74, 6) is -0.290. The van der Waals surface area contributed by atoms with Crippen LogP contribution in [0, 0.1) is 0 Å². The number of hydrogen-bond acceptors (Lipinski definition) is 3. The summed E-state index contributed by atoms with van der Waals surface area (Å²) in [6, 6.07) is 16.6. The molecule has 0 bridgehead atoms.